The van der Waals surface area contributed by atoms with Crippen LogP contribution in [0.25, 0.3) is 11.1 Å². The van der Waals surface area contributed by atoms with Crippen LogP contribution in [0, 0.1) is 30.9 Å². The number of hydrogen-bond acceptors (Lipinski definition) is 4. The molecule has 4 rings (SSSR count). The molecule has 2 N–H and O–H groups in total. The summed E-state index contributed by atoms with van der Waals surface area (Å²) in [6.45, 7) is 6.00. The van der Waals surface area contributed by atoms with E-state index in [1.165, 1.54) is 10.9 Å². The summed E-state index contributed by atoms with van der Waals surface area (Å²) in [5, 5.41) is 22.1. The number of nitrogens with zero attached hydrogens (tertiary/aromatic N) is 3. The number of carbonyl (C=O) groups excluding carboxylic acids is 2. The van der Waals surface area contributed by atoms with Crippen molar-refractivity contribution in [3.05, 3.63) is 71.0 Å². The molecule has 0 radical (unpaired) electrons. The molecule has 1 atom stereocenters. The van der Waals surface area contributed by atoms with Gasteiger partial charge in [0.25, 0.3) is 5.91 Å². The molecule has 0 aliphatic heterocycles. The summed E-state index contributed by atoms with van der Waals surface area (Å²) < 4.78 is 2.36. The zero-order valence-electron chi connectivity index (χ0n) is 20.7. The monoisotopic (exact) mass is 475 g/mol. The number of rotatable bonds is 6. The molecular weight excluding hydrogens is 442 g/mol. The molecule has 0 bridgehead atoms. The Kier molecular flexibility index (Phi) is 7.19. The minimum atomic E-state index is -0.636. The average molecular weight is 476 g/mol. The summed E-state index contributed by atoms with van der Waals surface area (Å²) in [6.07, 6.45) is 6.95. The number of carbonyl (C=O) groups is 2. The number of aromatic nitrogens is 3. The maximum Gasteiger partial charge on any atom is 0.270 e. The van der Waals surface area contributed by atoms with Crippen LogP contribution in [0.4, 0.5) is 5.69 Å². The molecule has 0 saturated heterocycles. The van der Waals surface area contributed by atoms with E-state index in [9.17, 15) is 14.8 Å². The van der Waals surface area contributed by atoms with E-state index in [0.29, 0.717) is 23.0 Å². The fourth-order valence-electron chi connectivity index (χ4n) is 4.98. The predicted molar refractivity (Wildman–Crippen MR) is 135 cm³/mol. The van der Waals surface area contributed by atoms with Crippen molar-refractivity contribution >= 4 is 17.5 Å². The Balaban J connectivity index is 1.53. The van der Waals surface area contributed by atoms with Gasteiger partial charge in [0.1, 0.15) is 11.7 Å². The molecule has 1 unspecified atom stereocenters. The van der Waals surface area contributed by atoms with E-state index in [0.717, 1.165) is 47.1 Å². The van der Waals surface area contributed by atoms with E-state index in [-0.39, 0.29) is 17.7 Å². The van der Waals surface area contributed by atoms with Gasteiger partial charge in [0, 0.05) is 31.9 Å². The van der Waals surface area contributed by atoms with Crippen molar-refractivity contribution in [2.24, 2.45) is 18.9 Å². The second-order valence-corrected chi connectivity index (χ2v) is 9.66. The smallest absolute Gasteiger partial charge is 0.270 e. The lowest BCUT2D eigenvalue weighted by atomic mass is 9.79. The highest BCUT2D eigenvalue weighted by Crippen LogP contribution is 2.31. The van der Waals surface area contributed by atoms with Crippen molar-refractivity contribution < 1.29 is 14.3 Å². The molecule has 35 heavy (non-hydrogen) atoms. The van der Waals surface area contributed by atoms with Gasteiger partial charge in [-0.25, -0.2) is 0 Å². The number of aryl methyl sites for hydroxylation is 2. The fourth-order valence-corrected chi connectivity index (χ4v) is 4.98. The lowest BCUT2D eigenvalue weighted by Gasteiger charge is -2.32. The zero-order valence-corrected chi connectivity index (χ0v) is 20.7. The van der Waals surface area contributed by atoms with Crippen LogP contribution in [0.1, 0.15) is 54.4 Å². The Morgan fingerprint density at radius 3 is 2.40 bits per heavy atom. The predicted octanol–water partition coefficient (Wildman–Crippen LogP) is 3.90. The Morgan fingerprint density at radius 2 is 1.77 bits per heavy atom. The first-order chi connectivity index (χ1) is 16.7. The Bertz CT molecular complexity index is 1210. The number of hydrogen-bond donors (Lipinski definition) is 2. The average Bonchev–Trinajstić information content (AvgIpc) is 3.27. The van der Waals surface area contributed by atoms with Gasteiger partial charge >= 0.3 is 0 Å². The molecular formula is C27H33N5O3. The van der Waals surface area contributed by atoms with Crippen molar-refractivity contribution in [3.63, 3.8) is 0 Å². The molecule has 1 aliphatic carbocycles. The van der Waals surface area contributed by atoms with Crippen molar-refractivity contribution in [1.82, 2.24) is 15.1 Å². The number of pyridine rings is 1. The summed E-state index contributed by atoms with van der Waals surface area (Å²) in [7, 11) is 1.71. The van der Waals surface area contributed by atoms with Crippen LogP contribution in [-0.2, 0) is 11.8 Å². The highest BCUT2D eigenvalue weighted by molar-refractivity contribution is 6.00. The van der Waals surface area contributed by atoms with E-state index in [1.807, 2.05) is 31.2 Å². The number of nitrogens with one attached hydrogen (secondary N) is 2. The second-order valence-electron chi connectivity index (χ2n) is 9.66. The Hall–Kier alpha value is -3.68. The molecule has 2 amide bonds. The molecule has 1 fully saturated rings. The largest absolute Gasteiger partial charge is 0.618 e. The summed E-state index contributed by atoms with van der Waals surface area (Å²) in [6, 6.07) is 10.3. The molecule has 8 heteroatoms. The molecule has 1 aliphatic rings. The van der Waals surface area contributed by atoms with Gasteiger partial charge in [0.2, 0.25) is 5.91 Å². The zero-order chi connectivity index (χ0) is 25.1. The Morgan fingerprint density at radius 1 is 1.09 bits per heavy atom. The lowest BCUT2D eigenvalue weighted by molar-refractivity contribution is -0.611. The van der Waals surface area contributed by atoms with E-state index in [4.69, 9.17) is 0 Å². The van der Waals surface area contributed by atoms with Crippen molar-refractivity contribution in [2.45, 2.75) is 52.5 Å². The van der Waals surface area contributed by atoms with Gasteiger partial charge < -0.3 is 15.8 Å². The molecule has 1 saturated carbocycles. The van der Waals surface area contributed by atoms with Gasteiger partial charge in [0.05, 0.1) is 5.56 Å². The highest BCUT2D eigenvalue weighted by atomic mass is 16.5. The van der Waals surface area contributed by atoms with Crippen LogP contribution in [0.2, 0.25) is 0 Å². The first-order valence-corrected chi connectivity index (χ1v) is 12.1. The van der Waals surface area contributed by atoms with Gasteiger partial charge in [-0.3, -0.25) is 14.3 Å². The number of amides is 2. The third-order valence-corrected chi connectivity index (χ3v) is 7.14. The lowest BCUT2D eigenvalue weighted by Crippen LogP contribution is -2.49. The molecule has 184 valence electrons. The van der Waals surface area contributed by atoms with Gasteiger partial charge in [0.15, 0.2) is 11.9 Å². The third-order valence-electron chi connectivity index (χ3n) is 7.14. The van der Waals surface area contributed by atoms with Gasteiger partial charge in [-0.1, -0.05) is 31.9 Å². The van der Waals surface area contributed by atoms with E-state index < -0.39 is 6.04 Å². The first kappa shape index (κ1) is 24.4. The second kappa shape index (κ2) is 10.3. The van der Waals surface area contributed by atoms with Crippen LogP contribution >= 0.6 is 0 Å². The maximum atomic E-state index is 13.4. The minimum Gasteiger partial charge on any atom is -0.618 e. The molecule has 3 aromatic rings. The van der Waals surface area contributed by atoms with E-state index in [1.54, 1.807) is 32.3 Å². The summed E-state index contributed by atoms with van der Waals surface area (Å²) >= 11 is 0. The van der Waals surface area contributed by atoms with Crippen LogP contribution in [0.15, 0.2) is 48.8 Å². The number of benzene rings is 1. The first-order valence-electron chi connectivity index (χ1n) is 12.1. The maximum absolute atomic E-state index is 13.4. The normalized spacial score (nSPS) is 18.6. The quantitative estimate of drug-likeness (QED) is 0.417. The molecule has 2 heterocycles. The van der Waals surface area contributed by atoms with E-state index >= 15 is 0 Å². The number of anilines is 1. The molecule has 2 aromatic heterocycles. The van der Waals surface area contributed by atoms with E-state index in [2.05, 4.69) is 22.7 Å². The van der Waals surface area contributed by atoms with Gasteiger partial charge in [-0.05, 0) is 60.9 Å². The van der Waals surface area contributed by atoms with Crippen LogP contribution < -0.4 is 15.4 Å². The standard InChI is InChI=1S/C27H33N5O3/c1-17-5-7-21(8-6-17)25(30-26(33)23-13-15-28-31(23)4)27(34)29-22-11-9-20(10-12-22)24-18(2)14-16-32(35)19(24)3/h9-17,21,25H,5-8H2,1-4H3,(H,29,34)(H,30,33). The van der Waals surface area contributed by atoms with Gasteiger partial charge in [-0.2, -0.15) is 9.83 Å². The van der Waals surface area contributed by atoms with Crippen molar-refractivity contribution in [2.75, 3.05) is 5.32 Å². The van der Waals surface area contributed by atoms with Crippen LogP contribution in [-0.4, -0.2) is 27.6 Å². The fraction of sp³-hybridized carbons (Fsp3) is 0.407. The van der Waals surface area contributed by atoms with Crippen molar-refractivity contribution in [1.29, 1.82) is 0 Å². The highest BCUT2D eigenvalue weighted by Gasteiger charge is 2.33. The summed E-state index contributed by atoms with van der Waals surface area (Å²) in [4.78, 5) is 26.3. The molecule has 1 aromatic carbocycles. The summed E-state index contributed by atoms with van der Waals surface area (Å²) in [5.74, 6) is 0.176. The topological polar surface area (TPSA) is 103 Å². The SMILES string of the molecule is Cc1cc[n+]([O-])c(C)c1-c1ccc(NC(=O)C(NC(=O)c2ccnn2C)C2CCC(C)CC2)cc1. The van der Waals surface area contributed by atoms with Gasteiger partial charge in [-0.15, -0.1) is 0 Å². The third kappa shape index (κ3) is 5.37. The minimum absolute atomic E-state index is 0.0739. The summed E-state index contributed by atoms with van der Waals surface area (Å²) in [5.41, 5.74) is 4.50. The van der Waals surface area contributed by atoms with Crippen LogP contribution in [0.3, 0.4) is 0 Å². The van der Waals surface area contributed by atoms with Crippen molar-refractivity contribution in [3.8, 4) is 11.1 Å². The molecule has 8 nitrogen and oxygen atoms in total. The molecule has 0 spiro atoms. The van der Waals surface area contributed by atoms with Crippen LogP contribution in [0.5, 0.6) is 0 Å². The Labute approximate surface area is 205 Å².